The summed E-state index contributed by atoms with van der Waals surface area (Å²) in [6, 6.07) is 8.73. The summed E-state index contributed by atoms with van der Waals surface area (Å²) in [6.07, 6.45) is 8.07. The number of nitrogens with one attached hydrogen (secondary N) is 1. The van der Waals surface area contributed by atoms with Gasteiger partial charge in [0.25, 0.3) is 0 Å². The summed E-state index contributed by atoms with van der Waals surface area (Å²) in [6.45, 7) is 2.12. The van der Waals surface area contributed by atoms with Crippen LogP contribution in [0.15, 0.2) is 41.1 Å². The quantitative estimate of drug-likeness (QED) is 0.747. The van der Waals surface area contributed by atoms with E-state index in [1.807, 2.05) is 0 Å². The predicted octanol–water partition coefficient (Wildman–Crippen LogP) is 4.06. The zero-order valence-corrected chi connectivity index (χ0v) is 12.9. The molecule has 0 aromatic heterocycles. The molecule has 3 heteroatoms. The van der Waals surface area contributed by atoms with Gasteiger partial charge in [0, 0.05) is 17.4 Å². The first kappa shape index (κ1) is 13.7. The van der Waals surface area contributed by atoms with Crippen LogP contribution in [0.25, 0.3) is 0 Å². The van der Waals surface area contributed by atoms with E-state index in [9.17, 15) is 0 Å². The fourth-order valence-corrected chi connectivity index (χ4v) is 3.44. The maximum atomic E-state index is 4.66. The molecule has 2 atom stereocenters. The standard InChI is InChI=1S/C17H22N2S/c1-12-5-7-13(8-6-12)17-16-4-2-3-15(20)10-9-14(16)11-18-19-17/h5-8,11,15-16,18,20H,2-4,9-10H2,1H3/t15-,16?/m0/s1. The molecule has 1 fully saturated rings. The Morgan fingerprint density at radius 1 is 1.15 bits per heavy atom. The van der Waals surface area contributed by atoms with Crippen molar-refractivity contribution < 1.29 is 0 Å². The van der Waals surface area contributed by atoms with Crippen LogP contribution in [0.5, 0.6) is 0 Å². The first-order valence-corrected chi connectivity index (χ1v) is 8.03. The Balaban J connectivity index is 1.85. The number of benzene rings is 1. The van der Waals surface area contributed by atoms with Crippen molar-refractivity contribution in [2.45, 2.75) is 44.3 Å². The molecule has 20 heavy (non-hydrogen) atoms. The van der Waals surface area contributed by atoms with E-state index in [1.54, 1.807) is 0 Å². The molecule has 1 saturated carbocycles. The molecule has 1 N–H and O–H groups in total. The maximum absolute atomic E-state index is 4.66. The summed E-state index contributed by atoms with van der Waals surface area (Å²) >= 11 is 4.66. The highest BCUT2D eigenvalue weighted by molar-refractivity contribution is 7.80. The minimum absolute atomic E-state index is 0.486. The molecule has 3 rings (SSSR count). The second-order valence-corrected chi connectivity index (χ2v) is 6.62. The fourth-order valence-electron chi connectivity index (χ4n) is 3.13. The van der Waals surface area contributed by atoms with E-state index in [-0.39, 0.29) is 0 Å². The van der Waals surface area contributed by atoms with Gasteiger partial charge in [0.15, 0.2) is 0 Å². The smallest absolute Gasteiger partial charge is 0.0751 e. The maximum Gasteiger partial charge on any atom is 0.0751 e. The van der Waals surface area contributed by atoms with Crippen LogP contribution in [0.3, 0.4) is 0 Å². The van der Waals surface area contributed by atoms with Crippen molar-refractivity contribution in [2.75, 3.05) is 0 Å². The Bertz CT molecular complexity index is 530. The third kappa shape index (κ3) is 2.93. The second-order valence-electron chi connectivity index (χ2n) is 5.89. The summed E-state index contributed by atoms with van der Waals surface area (Å²) < 4.78 is 0. The first-order chi connectivity index (χ1) is 9.74. The number of thiol groups is 1. The highest BCUT2D eigenvalue weighted by atomic mass is 32.1. The third-order valence-corrected chi connectivity index (χ3v) is 4.87. The Hall–Kier alpha value is -1.22. The zero-order valence-electron chi connectivity index (χ0n) is 12.0. The molecule has 1 aromatic carbocycles. The van der Waals surface area contributed by atoms with E-state index < -0.39 is 0 Å². The monoisotopic (exact) mass is 286 g/mol. The molecular formula is C17H22N2S. The van der Waals surface area contributed by atoms with E-state index in [2.05, 4.69) is 60.5 Å². The minimum Gasteiger partial charge on any atom is -0.286 e. The summed E-state index contributed by atoms with van der Waals surface area (Å²) in [5, 5.41) is 5.13. The van der Waals surface area contributed by atoms with Crippen molar-refractivity contribution in [1.29, 1.82) is 0 Å². The van der Waals surface area contributed by atoms with Gasteiger partial charge in [-0.2, -0.15) is 17.7 Å². The van der Waals surface area contributed by atoms with Crippen LogP contribution in [-0.2, 0) is 0 Å². The lowest BCUT2D eigenvalue weighted by molar-refractivity contribution is 0.528. The van der Waals surface area contributed by atoms with E-state index in [4.69, 9.17) is 0 Å². The number of rotatable bonds is 1. The molecule has 1 heterocycles. The van der Waals surface area contributed by atoms with E-state index in [0.29, 0.717) is 11.2 Å². The Kier molecular flexibility index (Phi) is 4.16. The van der Waals surface area contributed by atoms with E-state index in [0.717, 1.165) is 6.42 Å². The lowest BCUT2D eigenvalue weighted by Gasteiger charge is -2.29. The molecule has 0 saturated heterocycles. The van der Waals surface area contributed by atoms with Crippen molar-refractivity contribution in [3.05, 3.63) is 47.2 Å². The van der Waals surface area contributed by atoms with E-state index in [1.165, 1.54) is 48.1 Å². The lowest BCUT2D eigenvalue weighted by atomic mass is 9.81. The molecule has 0 radical (unpaired) electrons. The molecule has 1 aromatic rings. The second kappa shape index (κ2) is 6.04. The van der Waals surface area contributed by atoms with Crippen molar-refractivity contribution in [3.8, 4) is 0 Å². The number of hydrogen-bond donors (Lipinski definition) is 2. The summed E-state index contributed by atoms with van der Waals surface area (Å²) in [5.41, 5.74) is 8.36. The highest BCUT2D eigenvalue weighted by Crippen LogP contribution is 2.33. The van der Waals surface area contributed by atoms with Crippen LogP contribution < -0.4 is 5.43 Å². The molecule has 2 nitrogen and oxygen atoms in total. The van der Waals surface area contributed by atoms with Crippen molar-refractivity contribution in [1.82, 2.24) is 5.43 Å². The number of allylic oxidation sites excluding steroid dienone is 1. The van der Waals surface area contributed by atoms with E-state index >= 15 is 0 Å². The predicted molar refractivity (Wildman–Crippen MR) is 88.3 cm³/mol. The Morgan fingerprint density at radius 3 is 2.75 bits per heavy atom. The topological polar surface area (TPSA) is 24.4 Å². The van der Waals surface area contributed by atoms with Gasteiger partial charge in [-0.1, -0.05) is 36.2 Å². The third-order valence-electron chi connectivity index (χ3n) is 4.36. The summed E-state index contributed by atoms with van der Waals surface area (Å²) in [7, 11) is 0. The highest BCUT2D eigenvalue weighted by Gasteiger charge is 2.26. The summed E-state index contributed by atoms with van der Waals surface area (Å²) in [5.74, 6) is 0.486. The molecule has 1 aliphatic carbocycles. The van der Waals surface area contributed by atoms with Crippen LogP contribution in [0.1, 0.15) is 43.2 Å². The number of aryl methyl sites for hydroxylation is 1. The normalized spacial score (nSPS) is 26.5. The molecule has 1 unspecified atom stereocenters. The van der Waals surface area contributed by atoms with Crippen LogP contribution in [0.2, 0.25) is 0 Å². The van der Waals surface area contributed by atoms with Gasteiger partial charge in [0.05, 0.1) is 5.71 Å². The van der Waals surface area contributed by atoms with Gasteiger partial charge < -0.3 is 0 Å². The van der Waals surface area contributed by atoms with Crippen molar-refractivity contribution in [2.24, 2.45) is 11.0 Å². The van der Waals surface area contributed by atoms with Crippen LogP contribution in [0, 0.1) is 12.8 Å². The average Bonchev–Trinajstić information content (AvgIpc) is 2.44. The zero-order chi connectivity index (χ0) is 13.9. The number of fused-ring (bicyclic) bond motifs is 1. The van der Waals surface area contributed by atoms with Gasteiger partial charge in [0.2, 0.25) is 0 Å². The average molecular weight is 286 g/mol. The molecule has 0 bridgehead atoms. The van der Waals surface area contributed by atoms with Crippen LogP contribution in [-0.4, -0.2) is 11.0 Å². The lowest BCUT2D eigenvalue weighted by Crippen LogP contribution is -2.27. The number of nitrogens with zero attached hydrogens (tertiary/aromatic N) is 1. The molecule has 0 spiro atoms. The Labute approximate surface area is 126 Å². The van der Waals surface area contributed by atoms with Crippen molar-refractivity contribution >= 4 is 18.3 Å². The largest absolute Gasteiger partial charge is 0.286 e. The molecule has 106 valence electrons. The van der Waals surface area contributed by atoms with Crippen LogP contribution in [0.4, 0.5) is 0 Å². The van der Waals surface area contributed by atoms with Gasteiger partial charge in [-0.05, 0) is 43.7 Å². The van der Waals surface area contributed by atoms with Crippen molar-refractivity contribution in [3.63, 3.8) is 0 Å². The van der Waals surface area contributed by atoms with Gasteiger partial charge in [-0.15, -0.1) is 0 Å². The van der Waals surface area contributed by atoms with Gasteiger partial charge in [-0.25, -0.2) is 0 Å². The fraction of sp³-hybridized carbons (Fsp3) is 0.471. The molecule has 1 aliphatic heterocycles. The molecular weight excluding hydrogens is 264 g/mol. The number of hydrazone groups is 1. The van der Waals surface area contributed by atoms with Crippen LogP contribution >= 0.6 is 12.6 Å². The Morgan fingerprint density at radius 2 is 1.95 bits per heavy atom. The SMILES string of the molecule is Cc1ccc(C2=NNC=C3CC[C@@H](S)CCCC32)cc1. The summed E-state index contributed by atoms with van der Waals surface area (Å²) in [4.78, 5) is 0. The molecule has 2 aliphatic rings. The van der Waals surface area contributed by atoms with Gasteiger partial charge in [-0.3, -0.25) is 5.43 Å². The van der Waals surface area contributed by atoms with Gasteiger partial charge >= 0.3 is 0 Å². The minimum atomic E-state index is 0.486. The first-order valence-electron chi connectivity index (χ1n) is 7.51. The number of hydrogen-bond acceptors (Lipinski definition) is 3. The molecule has 0 amide bonds. The van der Waals surface area contributed by atoms with Gasteiger partial charge in [0.1, 0.15) is 0 Å².